The lowest BCUT2D eigenvalue weighted by atomic mass is 10.2. The summed E-state index contributed by atoms with van der Waals surface area (Å²) in [6, 6.07) is 37.1. The Labute approximate surface area is 209 Å². The fourth-order valence-corrected chi connectivity index (χ4v) is 10.5. The molecule has 0 saturated carbocycles. The van der Waals surface area contributed by atoms with E-state index < -0.39 is 15.8 Å². The fraction of sp³-hybridized carbons (Fsp3) is 0.250. The Kier molecular flexibility index (Phi) is 8.03. The average Bonchev–Trinajstić information content (AvgIpc) is 2.84. The Hall–Kier alpha value is -2.26. The topological polar surface area (TPSA) is 0 Å². The lowest BCUT2D eigenvalue weighted by Crippen LogP contribution is -2.31. The predicted molar refractivity (Wildman–Crippen MR) is 156 cm³/mol. The maximum absolute atomic E-state index is 2.49. The Morgan fingerprint density at radius 2 is 0.529 bits per heavy atom. The first-order valence-corrected chi connectivity index (χ1v) is 15.0. The molecule has 0 nitrogen and oxygen atoms in total. The molecule has 0 saturated heterocycles. The standard InChI is InChI=1S/C32H36P2/c1-23-7-15-29(16-8-23)33(30-17-9-24(2)10-18-30)27(5)28(6)34(31-19-11-25(3)12-20-31)32-21-13-26(4)14-22-32/h7-22,27-28H,1-6H3. The molecular formula is C32H36P2. The number of rotatable bonds is 7. The van der Waals surface area contributed by atoms with Crippen molar-refractivity contribution in [3.05, 3.63) is 119 Å². The van der Waals surface area contributed by atoms with Crippen LogP contribution in [0.4, 0.5) is 0 Å². The third kappa shape index (κ3) is 5.68. The molecule has 0 fully saturated rings. The van der Waals surface area contributed by atoms with E-state index in [2.05, 4.69) is 139 Å². The van der Waals surface area contributed by atoms with Gasteiger partial charge >= 0.3 is 0 Å². The van der Waals surface area contributed by atoms with Gasteiger partial charge in [-0.3, -0.25) is 0 Å². The van der Waals surface area contributed by atoms with Gasteiger partial charge in [-0.05, 0) is 76.1 Å². The van der Waals surface area contributed by atoms with Gasteiger partial charge in [0.1, 0.15) is 0 Å². The van der Waals surface area contributed by atoms with Crippen LogP contribution in [-0.2, 0) is 0 Å². The summed E-state index contributed by atoms with van der Waals surface area (Å²) in [4.78, 5) is 0. The van der Waals surface area contributed by atoms with Gasteiger partial charge in [0, 0.05) is 0 Å². The zero-order valence-corrected chi connectivity index (χ0v) is 23.1. The molecule has 174 valence electrons. The molecule has 2 heteroatoms. The van der Waals surface area contributed by atoms with E-state index in [1.807, 2.05) is 0 Å². The molecule has 0 spiro atoms. The van der Waals surface area contributed by atoms with Crippen molar-refractivity contribution in [3.8, 4) is 0 Å². The minimum absolute atomic E-state index is 0.486. The summed E-state index contributed by atoms with van der Waals surface area (Å²) < 4.78 is 0. The Morgan fingerprint density at radius 1 is 0.353 bits per heavy atom. The highest BCUT2D eigenvalue weighted by atomic mass is 31.1. The van der Waals surface area contributed by atoms with Gasteiger partial charge in [0.2, 0.25) is 0 Å². The van der Waals surface area contributed by atoms with Crippen LogP contribution >= 0.6 is 15.8 Å². The maximum atomic E-state index is 2.49. The number of aryl methyl sites for hydroxylation is 4. The molecule has 0 aromatic heterocycles. The van der Waals surface area contributed by atoms with Crippen LogP contribution in [0, 0.1) is 27.7 Å². The molecule has 34 heavy (non-hydrogen) atoms. The van der Waals surface area contributed by atoms with Gasteiger partial charge in [0.25, 0.3) is 0 Å². The third-order valence-electron chi connectivity index (χ3n) is 6.76. The van der Waals surface area contributed by atoms with Gasteiger partial charge in [-0.1, -0.05) is 133 Å². The Morgan fingerprint density at radius 3 is 0.706 bits per heavy atom. The van der Waals surface area contributed by atoms with Gasteiger partial charge in [-0.15, -0.1) is 0 Å². The molecule has 0 aliphatic heterocycles. The van der Waals surface area contributed by atoms with Crippen molar-refractivity contribution in [2.45, 2.75) is 52.9 Å². The summed E-state index contributed by atoms with van der Waals surface area (Å²) in [6.07, 6.45) is 0. The van der Waals surface area contributed by atoms with E-state index >= 15 is 0 Å². The van der Waals surface area contributed by atoms with Crippen LogP contribution in [0.15, 0.2) is 97.1 Å². The molecule has 0 N–H and O–H groups in total. The molecule has 4 aromatic rings. The van der Waals surface area contributed by atoms with Gasteiger partial charge in [-0.25, -0.2) is 0 Å². The highest BCUT2D eigenvalue weighted by Crippen LogP contribution is 2.51. The van der Waals surface area contributed by atoms with E-state index in [-0.39, 0.29) is 0 Å². The van der Waals surface area contributed by atoms with Gasteiger partial charge in [-0.2, -0.15) is 0 Å². The molecule has 0 aliphatic rings. The molecule has 0 aliphatic carbocycles. The van der Waals surface area contributed by atoms with Gasteiger partial charge in [0.15, 0.2) is 0 Å². The van der Waals surface area contributed by atoms with Crippen LogP contribution in [0.1, 0.15) is 36.1 Å². The molecule has 4 aromatic carbocycles. The van der Waals surface area contributed by atoms with Crippen molar-refractivity contribution < 1.29 is 0 Å². The second-order valence-corrected chi connectivity index (χ2v) is 14.7. The van der Waals surface area contributed by atoms with E-state index in [1.54, 1.807) is 0 Å². The predicted octanol–water partition coefficient (Wildman–Crippen LogP) is 7.26. The Bertz CT molecular complexity index is 1000. The molecule has 2 unspecified atom stereocenters. The van der Waals surface area contributed by atoms with E-state index in [0.717, 1.165) is 0 Å². The van der Waals surface area contributed by atoms with Crippen LogP contribution in [0.2, 0.25) is 0 Å². The molecule has 4 rings (SSSR count). The minimum atomic E-state index is -0.486. The van der Waals surface area contributed by atoms with Crippen molar-refractivity contribution >= 4 is 37.1 Å². The van der Waals surface area contributed by atoms with Crippen molar-refractivity contribution in [1.82, 2.24) is 0 Å². The molecular weight excluding hydrogens is 446 g/mol. The van der Waals surface area contributed by atoms with Crippen molar-refractivity contribution in [2.24, 2.45) is 0 Å². The quantitative estimate of drug-likeness (QED) is 0.243. The largest absolute Gasteiger partial charge is 0.0587 e. The Balaban J connectivity index is 1.79. The average molecular weight is 483 g/mol. The zero-order valence-electron chi connectivity index (χ0n) is 21.3. The molecule has 0 heterocycles. The highest BCUT2D eigenvalue weighted by Gasteiger charge is 2.32. The summed E-state index contributed by atoms with van der Waals surface area (Å²) in [7, 11) is -0.971. The number of hydrogen-bond donors (Lipinski definition) is 0. The first-order valence-electron chi connectivity index (χ1n) is 12.2. The first-order chi connectivity index (χ1) is 16.3. The third-order valence-corrected chi connectivity index (χ3v) is 12.9. The smallest absolute Gasteiger partial charge is 0.00861 e. The normalized spacial score (nSPS) is 13.3. The van der Waals surface area contributed by atoms with E-state index in [9.17, 15) is 0 Å². The SMILES string of the molecule is Cc1ccc(P(c2ccc(C)cc2)C(C)C(C)P(c2ccc(C)cc2)c2ccc(C)cc2)cc1. The van der Waals surface area contributed by atoms with Crippen LogP contribution < -0.4 is 21.2 Å². The van der Waals surface area contributed by atoms with E-state index in [4.69, 9.17) is 0 Å². The molecule has 0 radical (unpaired) electrons. The summed E-state index contributed by atoms with van der Waals surface area (Å²) in [5.41, 5.74) is 6.37. The summed E-state index contributed by atoms with van der Waals surface area (Å²) in [6.45, 7) is 13.7. The van der Waals surface area contributed by atoms with Crippen molar-refractivity contribution in [3.63, 3.8) is 0 Å². The van der Waals surface area contributed by atoms with Crippen LogP contribution in [0.5, 0.6) is 0 Å². The van der Waals surface area contributed by atoms with Crippen LogP contribution in [0.25, 0.3) is 0 Å². The fourth-order valence-electron chi connectivity index (χ4n) is 4.49. The highest BCUT2D eigenvalue weighted by molar-refractivity contribution is 7.77. The second-order valence-electron chi connectivity index (χ2n) is 9.56. The lowest BCUT2D eigenvalue weighted by Gasteiger charge is -2.36. The van der Waals surface area contributed by atoms with Gasteiger partial charge < -0.3 is 0 Å². The van der Waals surface area contributed by atoms with Gasteiger partial charge in [0.05, 0.1) is 0 Å². The van der Waals surface area contributed by atoms with E-state index in [0.29, 0.717) is 11.3 Å². The summed E-state index contributed by atoms with van der Waals surface area (Å²) in [5, 5.41) is 5.91. The first kappa shape index (κ1) is 24.9. The zero-order chi connectivity index (χ0) is 24.2. The molecule has 0 bridgehead atoms. The number of hydrogen-bond acceptors (Lipinski definition) is 0. The summed E-state index contributed by atoms with van der Waals surface area (Å²) >= 11 is 0. The maximum Gasteiger partial charge on any atom is -0.00861 e. The summed E-state index contributed by atoms with van der Waals surface area (Å²) in [5.74, 6) is 0. The minimum Gasteiger partial charge on any atom is -0.0587 e. The lowest BCUT2D eigenvalue weighted by molar-refractivity contribution is 0.912. The van der Waals surface area contributed by atoms with Crippen molar-refractivity contribution in [1.29, 1.82) is 0 Å². The molecule has 0 amide bonds. The molecule has 2 atom stereocenters. The number of benzene rings is 4. The van der Waals surface area contributed by atoms with Crippen LogP contribution in [-0.4, -0.2) is 11.3 Å². The van der Waals surface area contributed by atoms with E-state index in [1.165, 1.54) is 43.5 Å². The van der Waals surface area contributed by atoms with Crippen molar-refractivity contribution in [2.75, 3.05) is 0 Å². The second kappa shape index (κ2) is 11.0. The monoisotopic (exact) mass is 482 g/mol. The van der Waals surface area contributed by atoms with Crippen LogP contribution in [0.3, 0.4) is 0 Å².